The highest BCUT2D eigenvalue weighted by Gasteiger charge is 2.03. The van der Waals surface area contributed by atoms with E-state index in [2.05, 4.69) is 19.9 Å². The second kappa shape index (κ2) is 3.91. The van der Waals surface area contributed by atoms with Gasteiger partial charge in [0.25, 0.3) is 5.56 Å². The highest BCUT2D eigenvalue weighted by atomic mass is 16.2. The van der Waals surface area contributed by atoms with E-state index in [1.807, 2.05) is 13.8 Å². The summed E-state index contributed by atoms with van der Waals surface area (Å²) in [7, 11) is 0. The van der Waals surface area contributed by atoms with Crippen LogP contribution in [0.5, 0.6) is 0 Å². The number of nitrogens with one attached hydrogen (secondary N) is 3. The lowest BCUT2D eigenvalue weighted by atomic mass is 10.5. The maximum atomic E-state index is 11.1. The van der Waals surface area contributed by atoms with Crippen molar-refractivity contribution in [1.82, 2.24) is 19.9 Å². The molecular weight excluding hydrogens is 184 g/mol. The first-order valence-electron chi connectivity index (χ1n) is 4.36. The summed E-state index contributed by atoms with van der Waals surface area (Å²) in [5.74, 6) is 0.595. The maximum absolute atomic E-state index is 11.1. The number of aromatic amines is 3. The standard InChI is InChI=1S/C6H6N4O2.C2H6/c1-2-7-3-4(8-2)9-6(12)10-5(3)11;1-2/h1H3,(H3,7,8,9,10,11,12);1-2H3. The van der Waals surface area contributed by atoms with Crippen LogP contribution in [0.3, 0.4) is 0 Å². The summed E-state index contributed by atoms with van der Waals surface area (Å²) in [6.07, 6.45) is 0. The Hall–Kier alpha value is -1.85. The van der Waals surface area contributed by atoms with Crippen molar-refractivity contribution in [2.75, 3.05) is 0 Å². The molecule has 2 rings (SSSR count). The third kappa shape index (κ3) is 1.73. The summed E-state index contributed by atoms with van der Waals surface area (Å²) in [6, 6.07) is 0. The van der Waals surface area contributed by atoms with E-state index in [1.165, 1.54) is 0 Å². The molecule has 2 aromatic heterocycles. The van der Waals surface area contributed by atoms with Crippen LogP contribution in [0, 0.1) is 6.92 Å². The average molecular weight is 196 g/mol. The first-order valence-corrected chi connectivity index (χ1v) is 4.36. The second-order valence-corrected chi connectivity index (χ2v) is 2.45. The summed E-state index contributed by atoms with van der Waals surface area (Å²) in [5, 5.41) is 0. The number of aromatic nitrogens is 4. The van der Waals surface area contributed by atoms with Crippen LogP contribution in [0.25, 0.3) is 11.2 Å². The van der Waals surface area contributed by atoms with Crippen LogP contribution in [0.1, 0.15) is 19.7 Å². The molecule has 3 N–H and O–H groups in total. The second-order valence-electron chi connectivity index (χ2n) is 2.45. The molecule has 0 fully saturated rings. The molecule has 0 atom stereocenters. The van der Waals surface area contributed by atoms with Gasteiger partial charge in [-0.3, -0.25) is 14.8 Å². The Morgan fingerprint density at radius 1 is 1.07 bits per heavy atom. The Morgan fingerprint density at radius 2 is 1.71 bits per heavy atom. The van der Waals surface area contributed by atoms with Crippen molar-refractivity contribution in [2.24, 2.45) is 0 Å². The van der Waals surface area contributed by atoms with Gasteiger partial charge in [-0.2, -0.15) is 0 Å². The van der Waals surface area contributed by atoms with Gasteiger partial charge >= 0.3 is 5.69 Å². The average Bonchev–Trinajstić information content (AvgIpc) is 2.49. The molecule has 6 nitrogen and oxygen atoms in total. The van der Waals surface area contributed by atoms with Crippen molar-refractivity contribution in [2.45, 2.75) is 20.8 Å². The molecule has 0 saturated carbocycles. The van der Waals surface area contributed by atoms with E-state index in [4.69, 9.17) is 0 Å². The van der Waals surface area contributed by atoms with Gasteiger partial charge in [0.2, 0.25) is 0 Å². The number of rotatable bonds is 0. The molecule has 0 radical (unpaired) electrons. The zero-order valence-electron chi connectivity index (χ0n) is 8.26. The van der Waals surface area contributed by atoms with Crippen molar-refractivity contribution in [1.29, 1.82) is 0 Å². The molecule has 0 bridgehead atoms. The summed E-state index contributed by atoms with van der Waals surface area (Å²) in [5.41, 5.74) is -0.401. The molecule has 76 valence electrons. The van der Waals surface area contributed by atoms with Gasteiger partial charge < -0.3 is 4.98 Å². The van der Waals surface area contributed by atoms with Gasteiger partial charge in [0, 0.05) is 0 Å². The Labute approximate surface area is 79.4 Å². The Balaban J connectivity index is 0.000000461. The van der Waals surface area contributed by atoms with Crippen molar-refractivity contribution in [3.63, 3.8) is 0 Å². The maximum Gasteiger partial charge on any atom is 0.327 e. The number of hydrogen-bond acceptors (Lipinski definition) is 3. The predicted octanol–water partition coefficient (Wildman–Crippen LogP) is 0.274. The fourth-order valence-corrected chi connectivity index (χ4v) is 1.05. The van der Waals surface area contributed by atoms with Gasteiger partial charge in [0.05, 0.1) is 0 Å². The normalized spacial score (nSPS) is 9.64. The van der Waals surface area contributed by atoms with E-state index < -0.39 is 11.2 Å². The first kappa shape index (κ1) is 10.2. The molecule has 0 aliphatic rings. The summed E-state index contributed by atoms with van der Waals surface area (Å²) in [6.45, 7) is 5.71. The molecule has 6 heteroatoms. The molecule has 2 aromatic rings. The Kier molecular flexibility index (Phi) is 2.85. The zero-order valence-corrected chi connectivity index (χ0v) is 8.26. The van der Waals surface area contributed by atoms with Crippen LogP contribution in [-0.4, -0.2) is 19.9 Å². The third-order valence-electron chi connectivity index (χ3n) is 1.51. The molecule has 0 amide bonds. The molecular formula is C8H12N4O2. The van der Waals surface area contributed by atoms with Gasteiger partial charge in [-0.25, -0.2) is 9.78 Å². The smallest absolute Gasteiger partial charge is 0.327 e. The molecule has 0 aliphatic carbocycles. The number of aryl methyl sites for hydroxylation is 1. The lowest BCUT2D eigenvalue weighted by molar-refractivity contribution is 1.07. The van der Waals surface area contributed by atoms with Gasteiger partial charge in [0.15, 0.2) is 5.65 Å². The third-order valence-corrected chi connectivity index (χ3v) is 1.51. The molecule has 0 aliphatic heterocycles. The van der Waals surface area contributed by atoms with Crippen LogP contribution < -0.4 is 11.2 Å². The monoisotopic (exact) mass is 196 g/mol. The van der Waals surface area contributed by atoms with Crippen LogP contribution >= 0.6 is 0 Å². The Bertz CT molecular complexity index is 534. The van der Waals surface area contributed by atoms with Crippen LogP contribution in [0.4, 0.5) is 0 Å². The molecule has 14 heavy (non-hydrogen) atoms. The summed E-state index contributed by atoms with van der Waals surface area (Å²) < 4.78 is 0. The topological polar surface area (TPSA) is 94.4 Å². The fourth-order valence-electron chi connectivity index (χ4n) is 1.05. The van der Waals surface area contributed by atoms with Gasteiger partial charge in [-0.1, -0.05) is 13.8 Å². The molecule has 0 aromatic carbocycles. The molecule has 0 spiro atoms. The van der Waals surface area contributed by atoms with E-state index in [0.29, 0.717) is 17.0 Å². The fraction of sp³-hybridized carbons (Fsp3) is 0.375. The van der Waals surface area contributed by atoms with E-state index in [1.54, 1.807) is 6.92 Å². The van der Waals surface area contributed by atoms with E-state index in [0.717, 1.165) is 0 Å². The van der Waals surface area contributed by atoms with E-state index in [9.17, 15) is 9.59 Å². The largest absolute Gasteiger partial charge is 0.336 e. The first-order chi connectivity index (χ1) is 6.66. The molecule has 2 heterocycles. The van der Waals surface area contributed by atoms with Gasteiger partial charge in [-0.05, 0) is 6.92 Å². The number of imidazole rings is 1. The van der Waals surface area contributed by atoms with Crippen molar-refractivity contribution < 1.29 is 0 Å². The minimum atomic E-state index is -0.543. The van der Waals surface area contributed by atoms with Crippen LogP contribution in [-0.2, 0) is 0 Å². The number of H-pyrrole nitrogens is 3. The van der Waals surface area contributed by atoms with E-state index in [-0.39, 0.29) is 0 Å². The van der Waals surface area contributed by atoms with Crippen molar-refractivity contribution >= 4 is 11.2 Å². The number of nitrogens with zero attached hydrogens (tertiary/aromatic N) is 1. The number of hydrogen-bond donors (Lipinski definition) is 3. The lowest BCUT2D eigenvalue weighted by Crippen LogP contribution is -2.21. The van der Waals surface area contributed by atoms with Gasteiger partial charge in [-0.15, -0.1) is 0 Å². The summed E-state index contributed by atoms with van der Waals surface area (Å²) >= 11 is 0. The molecule has 0 saturated heterocycles. The lowest BCUT2D eigenvalue weighted by Gasteiger charge is -1.83. The number of fused-ring (bicyclic) bond motifs is 1. The van der Waals surface area contributed by atoms with Gasteiger partial charge in [0.1, 0.15) is 11.3 Å². The van der Waals surface area contributed by atoms with Crippen molar-refractivity contribution in [3.8, 4) is 0 Å². The zero-order chi connectivity index (χ0) is 10.7. The minimum Gasteiger partial charge on any atom is -0.336 e. The van der Waals surface area contributed by atoms with Crippen LogP contribution in [0.15, 0.2) is 9.59 Å². The molecule has 0 unspecified atom stereocenters. The van der Waals surface area contributed by atoms with Crippen LogP contribution in [0.2, 0.25) is 0 Å². The Morgan fingerprint density at radius 3 is 2.36 bits per heavy atom. The van der Waals surface area contributed by atoms with Crippen molar-refractivity contribution in [3.05, 3.63) is 26.7 Å². The SMILES string of the molecule is CC.Cc1nc2[nH]c(=O)[nH]c(=O)c2[nH]1. The predicted molar refractivity (Wildman–Crippen MR) is 53.4 cm³/mol. The van der Waals surface area contributed by atoms with E-state index >= 15 is 0 Å². The quantitative estimate of drug-likeness (QED) is 0.564. The highest BCUT2D eigenvalue weighted by molar-refractivity contribution is 5.68. The highest BCUT2D eigenvalue weighted by Crippen LogP contribution is 1.98. The minimum absolute atomic E-state index is 0.293. The summed E-state index contributed by atoms with van der Waals surface area (Å²) in [4.78, 5) is 32.9.